The van der Waals surface area contributed by atoms with Gasteiger partial charge in [-0.05, 0) is 17.9 Å². The summed E-state index contributed by atoms with van der Waals surface area (Å²) in [5, 5.41) is 21.3. The van der Waals surface area contributed by atoms with Crippen LogP contribution in [0.1, 0.15) is 5.56 Å². The standard InChI is InChI=1S/C7H7N4O2/c1-5-2-3-6(11(12)13)4-7(5)9-10-8/h2-4,9H,1H3/q+1. The number of benzene rings is 1. The van der Waals surface area contributed by atoms with Crippen molar-refractivity contribution < 1.29 is 4.92 Å². The SMILES string of the molecule is Cc1ccc([N+](=O)[O-])cc1N[N+]#N. The minimum atomic E-state index is -0.512. The van der Waals surface area contributed by atoms with Gasteiger partial charge in [-0.1, -0.05) is 6.07 Å². The van der Waals surface area contributed by atoms with Crippen LogP contribution in [0.25, 0.3) is 5.08 Å². The third-order valence-electron chi connectivity index (χ3n) is 1.60. The van der Waals surface area contributed by atoms with Crippen LogP contribution in [0.3, 0.4) is 0 Å². The van der Waals surface area contributed by atoms with Gasteiger partial charge in [0.05, 0.1) is 4.92 Å². The van der Waals surface area contributed by atoms with E-state index < -0.39 is 4.92 Å². The Morgan fingerprint density at radius 2 is 2.31 bits per heavy atom. The largest absolute Gasteiger partial charge is 0.308 e. The van der Waals surface area contributed by atoms with E-state index in [2.05, 4.69) is 10.5 Å². The Bertz CT molecular complexity index is 383. The van der Waals surface area contributed by atoms with Crippen LogP contribution in [-0.4, -0.2) is 4.92 Å². The van der Waals surface area contributed by atoms with Crippen LogP contribution >= 0.6 is 0 Å². The molecule has 13 heavy (non-hydrogen) atoms. The van der Waals surface area contributed by atoms with Crippen molar-refractivity contribution in [1.29, 1.82) is 5.39 Å². The fourth-order valence-corrected chi connectivity index (χ4v) is 0.898. The molecule has 0 saturated heterocycles. The molecule has 0 atom stereocenters. The molecule has 0 saturated carbocycles. The third-order valence-corrected chi connectivity index (χ3v) is 1.60. The van der Waals surface area contributed by atoms with Crippen LogP contribution in [0.15, 0.2) is 18.2 Å². The molecule has 1 N–H and O–H groups in total. The summed E-state index contributed by atoms with van der Waals surface area (Å²) in [6.45, 7) is 1.75. The number of hydrogen-bond acceptors (Lipinski definition) is 4. The highest BCUT2D eigenvalue weighted by molar-refractivity contribution is 5.57. The number of nitro benzene ring substituents is 1. The molecule has 0 aliphatic heterocycles. The number of non-ortho nitro benzene ring substituents is 1. The molecular weight excluding hydrogens is 172 g/mol. The zero-order valence-electron chi connectivity index (χ0n) is 6.89. The summed E-state index contributed by atoms with van der Waals surface area (Å²) >= 11 is 0. The van der Waals surface area contributed by atoms with E-state index >= 15 is 0 Å². The van der Waals surface area contributed by atoms with Crippen molar-refractivity contribution in [3.05, 3.63) is 39.0 Å². The summed E-state index contributed by atoms with van der Waals surface area (Å²) in [6.07, 6.45) is 0. The highest BCUT2D eigenvalue weighted by Crippen LogP contribution is 2.21. The summed E-state index contributed by atoms with van der Waals surface area (Å²) in [4.78, 5) is 9.84. The van der Waals surface area contributed by atoms with E-state index in [1.807, 2.05) is 0 Å². The number of nitrogens with one attached hydrogen (secondary N) is 1. The number of anilines is 1. The van der Waals surface area contributed by atoms with Gasteiger partial charge in [0, 0.05) is 12.1 Å². The van der Waals surface area contributed by atoms with E-state index in [1.54, 1.807) is 13.0 Å². The molecule has 0 unspecified atom stereocenters. The molecular formula is C7H7N4O2+. The number of rotatable bonds is 2. The Balaban J connectivity index is 3.12. The van der Waals surface area contributed by atoms with Crippen LogP contribution in [0.2, 0.25) is 0 Å². The van der Waals surface area contributed by atoms with E-state index in [9.17, 15) is 10.1 Å². The maximum atomic E-state index is 10.4. The monoisotopic (exact) mass is 179 g/mol. The molecule has 1 aromatic carbocycles. The number of diazo groups is 1. The first kappa shape index (κ1) is 8.93. The lowest BCUT2D eigenvalue weighted by Crippen LogP contribution is -1.92. The molecule has 0 heterocycles. The van der Waals surface area contributed by atoms with Gasteiger partial charge in [-0.3, -0.25) is 10.1 Å². The summed E-state index contributed by atoms with van der Waals surface area (Å²) in [5.74, 6) is 0. The van der Waals surface area contributed by atoms with E-state index in [0.29, 0.717) is 5.69 Å². The van der Waals surface area contributed by atoms with Gasteiger partial charge in [0.1, 0.15) is 5.69 Å². The lowest BCUT2D eigenvalue weighted by atomic mass is 10.2. The number of hydrogen-bond donors (Lipinski definition) is 1. The predicted octanol–water partition coefficient (Wildman–Crippen LogP) is 2.08. The molecule has 0 fully saturated rings. The average Bonchev–Trinajstić information content (AvgIpc) is 2.08. The van der Waals surface area contributed by atoms with Gasteiger partial charge in [0.15, 0.2) is 0 Å². The molecule has 6 heteroatoms. The molecule has 0 aromatic heterocycles. The van der Waals surface area contributed by atoms with Gasteiger partial charge in [-0.2, -0.15) is 0 Å². The van der Waals surface area contributed by atoms with Crippen molar-refractivity contribution in [1.82, 2.24) is 0 Å². The van der Waals surface area contributed by atoms with Gasteiger partial charge < -0.3 is 0 Å². The molecule has 0 aliphatic rings. The van der Waals surface area contributed by atoms with Crippen LogP contribution in [-0.2, 0) is 0 Å². The second-order valence-electron chi connectivity index (χ2n) is 2.47. The molecule has 6 nitrogen and oxygen atoms in total. The van der Waals surface area contributed by atoms with Crippen LogP contribution < -0.4 is 5.43 Å². The van der Waals surface area contributed by atoms with Crippen LogP contribution in [0, 0.1) is 22.4 Å². The van der Waals surface area contributed by atoms with Gasteiger partial charge in [-0.15, -0.1) is 0 Å². The molecule has 0 amide bonds. The van der Waals surface area contributed by atoms with Gasteiger partial charge in [-0.25, -0.2) is 0 Å². The molecule has 66 valence electrons. The van der Waals surface area contributed by atoms with Crippen molar-refractivity contribution in [2.75, 3.05) is 5.43 Å². The summed E-state index contributed by atoms with van der Waals surface area (Å²) in [7, 11) is 0. The topological polar surface area (TPSA) is 83.3 Å². The predicted molar refractivity (Wildman–Crippen MR) is 46.5 cm³/mol. The fraction of sp³-hybridized carbons (Fsp3) is 0.143. The van der Waals surface area contributed by atoms with Crippen LogP contribution in [0.5, 0.6) is 0 Å². The Morgan fingerprint density at radius 1 is 1.62 bits per heavy atom. The smallest absolute Gasteiger partial charge is 0.258 e. The normalized spacial score (nSPS) is 8.92. The van der Waals surface area contributed by atoms with E-state index in [1.165, 1.54) is 12.1 Å². The maximum absolute atomic E-state index is 10.4. The molecule has 0 spiro atoms. The Hall–Kier alpha value is -2.16. The van der Waals surface area contributed by atoms with E-state index in [4.69, 9.17) is 5.39 Å². The second kappa shape index (κ2) is 3.49. The first-order valence-electron chi connectivity index (χ1n) is 3.50. The van der Waals surface area contributed by atoms with Crippen LogP contribution in [0.4, 0.5) is 11.4 Å². The maximum Gasteiger partial charge on any atom is 0.308 e. The zero-order valence-corrected chi connectivity index (χ0v) is 6.89. The average molecular weight is 179 g/mol. The summed E-state index contributed by atoms with van der Waals surface area (Å²) in [6, 6.07) is 4.26. The van der Waals surface area contributed by atoms with Crippen molar-refractivity contribution in [3.8, 4) is 0 Å². The Morgan fingerprint density at radius 3 is 2.85 bits per heavy atom. The van der Waals surface area contributed by atoms with E-state index in [-0.39, 0.29) is 5.69 Å². The number of nitro groups is 1. The highest BCUT2D eigenvalue weighted by atomic mass is 16.6. The van der Waals surface area contributed by atoms with E-state index in [0.717, 1.165) is 5.56 Å². The Labute approximate surface area is 73.9 Å². The van der Waals surface area contributed by atoms with Crippen molar-refractivity contribution in [3.63, 3.8) is 0 Å². The third kappa shape index (κ3) is 1.90. The molecule has 0 aliphatic carbocycles. The summed E-state index contributed by atoms with van der Waals surface area (Å²) in [5.41, 5.74) is 3.38. The van der Waals surface area contributed by atoms with Crippen molar-refractivity contribution >= 4 is 11.4 Å². The fourth-order valence-electron chi connectivity index (χ4n) is 0.898. The highest BCUT2D eigenvalue weighted by Gasteiger charge is 2.10. The second-order valence-corrected chi connectivity index (χ2v) is 2.47. The van der Waals surface area contributed by atoms with Crippen molar-refractivity contribution in [2.24, 2.45) is 0 Å². The number of aryl methyl sites for hydroxylation is 1. The minimum Gasteiger partial charge on any atom is -0.258 e. The number of nitrogens with zero attached hydrogens (tertiary/aromatic N) is 3. The van der Waals surface area contributed by atoms with Gasteiger partial charge >= 0.3 is 5.08 Å². The molecule has 1 aromatic rings. The first-order chi connectivity index (χ1) is 6.15. The lowest BCUT2D eigenvalue weighted by Gasteiger charge is -1.96. The van der Waals surface area contributed by atoms with Gasteiger partial charge in [0.2, 0.25) is 0 Å². The minimum absolute atomic E-state index is 0.0447. The molecule has 0 bridgehead atoms. The first-order valence-corrected chi connectivity index (χ1v) is 3.50. The molecule has 1 rings (SSSR count). The summed E-state index contributed by atoms with van der Waals surface area (Å²) < 4.78 is 0. The molecule has 0 radical (unpaired) electrons. The van der Waals surface area contributed by atoms with Gasteiger partial charge in [0.25, 0.3) is 11.1 Å². The Kier molecular flexibility index (Phi) is 2.40. The lowest BCUT2D eigenvalue weighted by molar-refractivity contribution is -0.384. The quantitative estimate of drug-likeness (QED) is 0.428. The zero-order chi connectivity index (χ0) is 9.84. The van der Waals surface area contributed by atoms with Crippen molar-refractivity contribution in [2.45, 2.75) is 6.92 Å².